The summed E-state index contributed by atoms with van der Waals surface area (Å²) in [6.07, 6.45) is 0.710. The van der Waals surface area contributed by atoms with E-state index in [4.69, 9.17) is 14.2 Å². The molecule has 1 amide bonds. The summed E-state index contributed by atoms with van der Waals surface area (Å²) in [5.74, 6) is -0.763. The van der Waals surface area contributed by atoms with Gasteiger partial charge in [0, 0.05) is 13.7 Å². The topological polar surface area (TPSA) is 68.2 Å². The minimum atomic E-state index is -0.646. The lowest BCUT2D eigenvalue weighted by Crippen LogP contribution is -2.71. The highest BCUT2D eigenvalue weighted by Crippen LogP contribution is 2.34. The van der Waals surface area contributed by atoms with Crippen molar-refractivity contribution >= 4 is 5.91 Å². The van der Waals surface area contributed by atoms with Crippen LogP contribution in [-0.4, -0.2) is 66.3 Å². The molecule has 0 bridgehead atoms. The Morgan fingerprint density at radius 1 is 1.65 bits per heavy atom. The molecule has 2 saturated heterocycles. The van der Waals surface area contributed by atoms with Crippen molar-refractivity contribution in [3.05, 3.63) is 12.7 Å². The van der Waals surface area contributed by atoms with E-state index >= 15 is 0 Å². The summed E-state index contributed by atoms with van der Waals surface area (Å²) in [5, 5.41) is 9.85. The number of aliphatic hydroxyl groups is 1. The number of methoxy groups -OCH3 is 1. The molecular weight excluding hydrogens is 262 g/mol. The van der Waals surface area contributed by atoms with E-state index in [0.29, 0.717) is 13.0 Å². The van der Waals surface area contributed by atoms with Gasteiger partial charge in [-0.1, -0.05) is 6.08 Å². The Hall–Kier alpha value is -0.950. The van der Waals surface area contributed by atoms with Crippen molar-refractivity contribution in [3.63, 3.8) is 0 Å². The average Bonchev–Trinajstić information content (AvgIpc) is 2.72. The number of hydrogen-bond donors (Lipinski definition) is 1. The number of ether oxygens (including phenoxy) is 3. The van der Waals surface area contributed by atoms with E-state index < -0.39 is 18.0 Å². The Morgan fingerprint density at radius 2 is 2.35 bits per heavy atom. The number of likely N-dealkylation sites (tertiary alicyclic amines) is 1. The summed E-state index contributed by atoms with van der Waals surface area (Å²) in [5.41, 5.74) is 0. The molecule has 2 heterocycles. The number of carbonyl (C=O) groups is 1. The maximum atomic E-state index is 12.0. The maximum absolute atomic E-state index is 12.0. The van der Waals surface area contributed by atoms with Crippen LogP contribution in [0.15, 0.2) is 12.7 Å². The van der Waals surface area contributed by atoms with Gasteiger partial charge in [-0.25, -0.2) is 0 Å². The molecule has 2 rings (SSSR count). The largest absolute Gasteiger partial charge is 0.391 e. The van der Waals surface area contributed by atoms with Gasteiger partial charge in [0.05, 0.1) is 18.8 Å². The van der Waals surface area contributed by atoms with E-state index in [-0.39, 0.29) is 24.6 Å². The first-order chi connectivity index (χ1) is 9.39. The second-order valence-electron chi connectivity index (χ2n) is 5.68. The van der Waals surface area contributed by atoms with Crippen molar-refractivity contribution in [1.82, 2.24) is 4.90 Å². The lowest BCUT2D eigenvalue weighted by molar-refractivity contribution is -0.195. The van der Waals surface area contributed by atoms with E-state index in [1.54, 1.807) is 11.0 Å². The van der Waals surface area contributed by atoms with Gasteiger partial charge in [-0.2, -0.15) is 0 Å². The molecule has 4 atom stereocenters. The Bertz CT molecular complexity index is 384. The first-order valence-electron chi connectivity index (χ1n) is 6.83. The predicted molar refractivity (Wildman–Crippen MR) is 72.0 cm³/mol. The number of β-lactam (4-membered cyclic amide) rings is 1. The standard InChI is InChI=1S/C14H23NO5/c1-5-6-9(16)7-15-11(12(18-4)13(15)17)10-8-19-14(2,3)20-10/h5,9-12,16H,1,6-8H2,2-4H3/t9-,10+,11-,12+/m0/s1. The van der Waals surface area contributed by atoms with Crippen LogP contribution in [0.5, 0.6) is 0 Å². The monoisotopic (exact) mass is 285 g/mol. The molecular formula is C14H23NO5. The fraction of sp³-hybridized carbons (Fsp3) is 0.786. The van der Waals surface area contributed by atoms with Gasteiger partial charge in [0.15, 0.2) is 11.9 Å². The fourth-order valence-electron chi connectivity index (χ4n) is 2.76. The molecule has 2 aliphatic rings. The van der Waals surface area contributed by atoms with E-state index in [0.717, 1.165) is 0 Å². The lowest BCUT2D eigenvalue weighted by Gasteiger charge is -2.48. The Morgan fingerprint density at radius 3 is 2.85 bits per heavy atom. The summed E-state index contributed by atoms with van der Waals surface area (Å²) in [6, 6.07) is -0.214. The van der Waals surface area contributed by atoms with Gasteiger partial charge >= 0.3 is 0 Å². The second-order valence-corrected chi connectivity index (χ2v) is 5.68. The van der Waals surface area contributed by atoms with Gasteiger partial charge in [-0.3, -0.25) is 4.79 Å². The van der Waals surface area contributed by atoms with Gasteiger partial charge < -0.3 is 24.2 Å². The molecule has 0 unspecified atom stereocenters. The van der Waals surface area contributed by atoms with Gasteiger partial charge in [0.2, 0.25) is 0 Å². The third-order valence-corrected chi connectivity index (χ3v) is 3.71. The third kappa shape index (κ3) is 2.88. The number of carbonyl (C=O) groups excluding carboxylic acids is 1. The number of aliphatic hydroxyl groups excluding tert-OH is 1. The first kappa shape index (κ1) is 15.4. The minimum absolute atomic E-state index is 0.117. The lowest BCUT2D eigenvalue weighted by atomic mass is 9.92. The molecule has 0 aromatic rings. The van der Waals surface area contributed by atoms with Crippen molar-refractivity contribution < 1.29 is 24.1 Å². The molecule has 2 aliphatic heterocycles. The van der Waals surface area contributed by atoms with Crippen LogP contribution >= 0.6 is 0 Å². The Labute approximate surface area is 119 Å². The zero-order chi connectivity index (χ0) is 14.9. The van der Waals surface area contributed by atoms with Gasteiger partial charge in [0.1, 0.15) is 6.10 Å². The van der Waals surface area contributed by atoms with E-state index in [1.165, 1.54) is 7.11 Å². The van der Waals surface area contributed by atoms with Crippen LogP contribution in [0.1, 0.15) is 20.3 Å². The molecule has 0 aromatic carbocycles. The molecule has 1 N–H and O–H groups in total. The highest BCUT2D eigenvalue weighted by Gasteiger charge is 2.55. The number of nitrogens with zero attached hydrogens (tertiary/aromatic N) is 1. The summed E-state index contributed by atoms with van der Waals surface area (Å²) in [4.78, 5) is 13.6. The Balaban J connectivity index is 2.03. The second kappa shape index (κ2) is 5.81. The van der Waals surface area contributed by atoms with Gasteiger partial charge in [-0.05, 0) is 20.3 Å². The highest BCUT2D eigenvalue weighted by atomic mass is 16.7. The third-order valence-electron chi connectivity index (χ3n) is 3.71. The zero-order valence-corrected chi connectivity index (χ0v) is 12.2. The number of rotatable bonds is 6. The minimum Gasteiger partial charge on any atom is -0.391 e. The summed E-state index contributed by atoms with van der Waals surface area (Å²) >= 11 is 0. The molecule has 0 radical (unpaired) electrons. The Kier molecular flexibility index (Phi) is 4.49. The van der Waals surface area contributed by atoms with Crippen LogP contribution in [0.25, 0.3) is 0 Å². The molecule has 0 spiro atoms. The van der Waals surface area contributed by atoms with Crippen molar-refractivity contribution in [2.45, 2.75) is 50.4 Å². The predicted octanol–water partition coefficient (Wildman–Crippen LogP) is 0.301. The molecule has 2 fully saturated rings. The fourth-order valence-corrected chi connectivity index (χ4v) is 2.76. The molecule has 6 nitrogen and oxygen atoms in total. The van der Waals surface area contributed by atoms with E-state index in [9.17, 15) is 9.90 Å². The summed E-state index contributed by atoms with van der Waals surface area (Å²) in [6.45, 7) is 7.94. The molecule has 0 aromatic heterocycles. The molecule has 20 heavy (non-hydrogen) atoms. The molecule has 0 aliphatic carbocycles. The number of β-amino-alcohol motifs (C(OH)–C–C–N with tert-alkyl or cyclic N) is 1. The van der Waals surface area contributed by atoms with Gasteiger partial charge in [-0.15, -0.1) is 6.58 Å². The highest BCUT2D eigenvalue weighted by molar-refractivity contribution is 5.88. The summed E-state index contributed by atoms with van der Waals surface area (Å²) in [7, 11) is 1.51. The van der Waals surface area contributed by atoms with Crippen LogP contribution in [-0.2, 0) is 19.0 Å². The van der Waals surface area contributed by atoms with Crippen molar-refractivity contribution in [2.75, 3.05) is 20.3 Å². The van der Waals surface area contributed by atoms with E-state index in [2.05, 4.69) is 6.58 Å². The first-order valence-corrected chi connectivity index (χ1v) is 6.83. The zero-order valence-electron chi connectivity index (χ0n) is 12.2. The van der Waals surface area contributed by atoms with Gasteiger partial charge in [0.25, 0.3) is 5.91 Å². The molecule has 6 heteroatoms. The number of amides is 1. The molecule has 0 saturated carbocycles. The van der Waals surface area contributed by atoms with Crippen LogP contribution < -0.4 is 0 Å². The SMILES string of the molecule is C=CC[C@H](O)CN1C(=O)[C@H](OC)[C@@H]1[C@H]1COC(C)(C)O1. The average molecular weight is 285 g/mol. The quantitative estimate of drug-likeness (QED) is 0.561. The van der Waals surface area contributed by atoms with Crippen molar-refractivity contribution in [1.29, 1.82) is 0 Å². The van der Waals surface area contributed by atoms with Crippen LogP contribution in [0.4, 0.5) is 0 Å². The normalized spacial score (nSPS) is 33.9. The maximum Gasteiger partial charge on any atom is 0.254 e. The number of hydrogen-bond acceptors (Lipinski definition) is 5. The van der Waals surface area contributed by atoms with Crippen LogP contribution in [0.3, 0.4) is 0 Å². The smallest absolute Gasteiger partial charge is 0.254 e. The van der Waals surface area contributed by atoms with Crippen molar-refractivity contribution in [3.8, 4) is 0 Å². The van der Waals surface area contributed by atoms with Crippen molar-refractivity contribution in [2.24, 2.45) is 0 Å². The molecule has 114 valence electrons. The summed E-state index contributed by atoms with van der Waals surface area (Å²) < 4.78 is 16.6. The van der Waals surface area contributed by atoms with Crippen LogP contribution in [0, 0.1) is 0 Å². The van der Waals surface area contributed by atoms with E-state index in [1.807, 2.05) is 13.8 Å². The van der Waals surface area contributed by atoms with Crippen LogP contribution in [0.2, 0.25) is 0 Å².